The van der Waals surface area contributed by atoms with E-state index in [9.17, 15) is 22.8 Å². The van der Waals surface area contributed by atoms with Crippen molar-refractivity contribution in [1.29, 1.82) is 0 Å². The van der Waals surface area contributed by atoms with E-state index in [0.717, 1.165) is 49.2 Å². The Morgan fingerprint density at radius 1 is 0.833 bits per heavy atom. The van der Waals surface area contributed by atoms with Crippen molar-refractivity contribution in [3.05, 3.63) is 125 Å². The summed E-state index contributed by atoms with van der Waals surface area (Å²) >= 11 is 0. The Kier molecular flexibility index (Phi) is 8.73. The van der Waals surface area contributed by atoms with Gasteiger partial charge in [0.2, 0.25) is 0 Å². The van der Waals surface area contributed by atoms with Crippen LogP contribution in [0.15, 0.2) is 103 Å². The van der Waals surface area contributed by atoms with Gasteiger partial charge in [0.1, 0.15) is 6.04 Å². The largest absolute Gasteiger partial charge is 0.468 e. The first-order chi connectivity index (χ1) is 20.2. The van der Waals surface area contributed by atoms with Crippen LogP contribution in [0.3, 0.4) is 0 Å². The van der Waals surface area contributed by atoms with Crippen LogP contribution in [0.1, 0.15) is 51.8 Å². The molecule has 1 aliphatic heterocycles. The highest BCUT2D eigenvalue weighted by atomic mass is 19.4. The number of carbonyl (C=O) groups excluding carboxylic acids is 2. The number of anilines is 1. The first-order valence-electron chi connectivity index (χ1n) is 13.8. The Balaban J connectivity index is 1.23. The zero-order valence-electron chi connectivity index (χ0n) is 23.1. The molecule has 1 saturated heterocycles. The fourth-order valence-corrected chi connectivity index (χ4v) is 5.54. The lowest BCUT2D eigenvalue weighted by molar-refractivity contribution is -0.147. The minimum Gasteiger partial charge on any atom is -0.468 e. The minimum absolute atomic E-state index is 0.264. The van der Waals surface area contributed by atoms with Crippen LogP contribution in [-0.2, 0) is 15.7 Å². The summed E-state index contributed by atoms with van der Waals surface area (Å²) in [4.78, 5) is 28.0. The van der Waals surface area contributed by atoms with E-state index < -0.39 is 17.8 Å². The molecule has 1 N–H and O–H groups in total. The minimum atomic E-state index is -4.42. The number of hydrogen-bond donors (Lipinski definition) is 1. The normalized spacial score (nSPS) is 15.1. The summed E-state index contributed by atoms with van der Waals surface area (Å²) in [5.74, 6) is -0.290. The molecular formula is C34H31F3N2O3. The predicted octanol–water partition coefficient (Wildman–Crippen LogP) is 7.72. The van der Waals surface area contributed by atoms with Crippen molar-refractivity contribution in [1.82, 2.24) is 4.90 Å². The number of esters is 1. The highest BCUT2D eigenvalue weighted by molar-refractivity contribution is 6.08. The number of alkyl halides is 3. The van der Waals surface area contributed by atoms with Crippen LogP contribution < -0.4 is 5.32 Å². The second kappa shape index (κ2) is 12.6. The number of carbonyl (C=O) groups is 2. The first-order valence-corrected chi connectivity index (χ1v) is 13.8. The lowest BCUT2D eigenvalue weighted by atomic mass is 9.88. The number of nitrogens with one attached hydrogen (secondary N) is 1. The monoisotopic (exact) mass is 572 g/mol. The van der Waals surface area contributed by atoms with Crippen LogP contribution in [-0.4, -0.2) is 37.0 Å². The lowest BCUT2D eigenvalue weighted by Crippen LogP contribution is -2.40. The zero-order valence-corrected chi connectivity index (χ0v) is 23.1. The Morgan fingerprint density at radius 2 is 1.45 bits per heavy atom. The maximum atomic E-state index is 13.2. The molecule has 1 heterocycles. The van der Waals surface area contributed by atoms with Gasteiger partial charge >= 0.3 is 12.1 Å². The number of nitrogens with zero attached hydrogens (tertiary/aromatic N) is 1. The number of amides is 1. The number of piperidine rings is 1. The van der Waals surface area contributed by atoms with Gasteiger partial charge in [0, 0.05) is 11.3 Å². The second-order valence-electron chi connectivity index (χ2n) is 10.3. The van der Waals surface area contributed by atoms with Gasteiger partial charge in [0.05, 0.1) is 12.7 Å². The molecule has 1 unspecified atom stereocenters. The van der Waals surface area contributed by atoms with Gasteiger partial charge < -0.3 is 10.1 Å². The van der Waals surface area contributed by atoms with Crippen LogP contribution in [0.5, 0.6) is 0 Å². The third-order valence-corrected chi connectivity index (χ3v) is 7.77. The molecule has 0 aliphatic carbocycles. The number of methoxy groups -OCH3 is 1. The number of benzene rings is 4. The van der Waals surface area contributed by atoms with Crippen LogP contribution in [0, 0.1) is 0 Å². The number of hydrogen-bond acceptors (Lipinski definition) is 4. The van der Waals surface area contributed by atoms with E-state index in [1.54, 1.807) is 24.3 Å². The number of ether oxygens (including phenoxy) is 1. The molecule has 8 heteroatoms. The van der Waals surface area contributed by atoms with E-state index in [-0.39, 0.29) is 11.9 Å². The maximum Gasteiger partial charge on any atom is 0.416 e. The molecule has 1 aliphatic rings. The zero-order chi connectivity index (χ0) is 29.7. The van der Waals surface area contributed by atoms with Gasteiger partial charge in [0.15, 0.2) is 0 Å². The van der Waals surface area contributed by atoms with E-state index in [4.69, 9.17) is 4.74 Å². The van der Waals surface area contributed by atoms with Gasteiger partial charge in [-0.2, -0.15) is 13.2 Å². The van der Waals surface area contributed by atoms with E-state index in [1.165, 1.54) is 19.2 Å². The molecule has 0 bridgehead atoms. The predicted molar refractivity (Wildman–Crippen MR) is 156 cm³/mol. The van der Waals surface area contributed by atoms with E-state index in [1.807, 2.05) is 54.6 Å². The molecule has 4 aromatic carbocycles. The summed E-state index contributed by atoms with van der Waals surface area (Å²) in [5, 5.41) is 2.91. The van der Waals surface area contributed by atoms with Gasteiger partial charge in [-0.05, 0) is 84.4 Å². The average molecular weight is 573 g/mol. The molecule has 0 radical (unpaired) electrons. The maximum absolute atomic E-state index is 13.2. The van der Waals surface area contributed by atoms with Gasteiger partial charge in [0.25, 0.3) is 5.91 Å². The highest BCUT2D eigenvalue weighted by Gasteiger charge is 2.32. The Morgan fingerprint density at radius 3 is 2.07 bits per heavy atom. The molecule has 1 atom stereocenters. The Hall–Kier alpha value is -4.43. The SMILES string of the molecule is COC(=O)C(c1ccccc1)N1CCC(c2ccc(NC(=O)c3ccccc3-c3ccc(C(F)(F)F)cc3)cc2)CC1. The summed E-state index contributed by atoms with van der Waals surface area (Å²) in [7, 11) is 1.42. The van der Waals surface area contributed by atoms with Crippen LogP contribution >= 0.6 is 0 Å². The first kappa shape index (κ1) is 29.1. The summed E-state index contributed by atoms with van der Waals surface area (Å²) in [6.45, 7) is 1.50. The third kappa shape index (κ3) is 6.55. The fraction of sp³-hybridized carbons (Fsp3) is 0.235. The van der Waals surface area contributed by atoms with Crippen LogP contribution in [0.2, 0.25) is 0 Å². The van der Waals surface area contributed by atoms with Crippen molar-refractivity contribution in [2.24, 2.45) is 0 Å². The van der Waals surface area contributed by atoms with Crippen molar-refractivity contribution in [3.8, 4) is 11.1 Å². The van der Waals surface area contributed by atoms with Crippen molar-refractivity contribution < 1.29 is 27.5 Å². The molecule has 4 aromatic rings. The number of likely N-dealkylation sites (tertiary alicyclic amines) is 1. The van der Waals surface area contributed by atoms with Gasteiger partial charge in [-0.25, -0.2) is 4.79 Å². The molecule has 5 rings (SSSR count). The van der Waals surface area contributed by atoms with E-state index >= 15 is 0 Å². The van der Waals surface area contributed by atoms with Gasteiger partial charge in [-0.15, -0.1) is 0 Å². The summed E-state index contributed by atoms with van der Waals surface area (Å²) in [6, 6.07) is 28.6. The molecule has 1 fully saturated rings. The lowest BCUT2D eigenvalue weighted by Gasteiger charge is -2.36. The molecule has 0 aromatic heterocycles. The van der Waals surface area contributed by atoms with Gasteiger partial charge in [-0.1, -0.05) is 72.8 Å². The summed E-state index contributed by atoms with van der Waals surface area (Å²) < 4.78 is 44.1. The number of halogens is 3. The molecule has 1 amide bonds. The highest BCUT2D eigenvalue weighted by Crippen LogP contribution is 2.34. The van der Waals surface area contributed by atoms with E-state index in [0.29, 0.717) is 28.3 Å². The molecule has 216 valence electrons. The van der Waals surface area contributed by atoms with Crippen molar-refractivity contribution in [2.45, 2.75) is 31.0 Å². The summed E-state index contributed by atoms with van der Waals surface area (Å²) in [5.41, 5.74) is 3.41. The Labute approximate surface area is 242 Å². The van der Waals surface area contributed by atoms with Crippen LogP contribution in [0.25, 0.3) is 11.1 Å². The second-order valence-corrected chi connectivity index (χ2v) is 10.3. The molecule has 0 saturated carbocycles. The van der Waals surface area contributed by atoms with Crippen LogP contribution in [0.4, 0.5) is 18.9 Å². The fourth-order valence-electron chi connectivity index (χ4n) is 5.54. The van der Waals surface area contributed by atoms with Crippen molar-refractivity contribution in [3.63, 3.8) is 0 Å². The quantitative estimate of drug-likeness (QED) is 0.231. The smallest absolute Gasteiger partial charge is 0.416 e. The van der Waals surface area contributed by atoms with Crippen molar-refractivity contribution >= 4 is 17.6 Å². The molecule has 5 nitrogen and oxygen atoms in total. The standard InChI is InChI=1S/C34H31F3N2O3/c1-42-33(41)31(26-7-3-2-4-8-26)39-21-19-24(20-22-39)23-13-17-28(18-14-23)38-32(40)30-10-6-5-9-29(30)25-11-15-27(16-12-25)34(35,36)37/h2-18,24,31H,19-22H2,1H3,(H,38,40). The van der Waals surface area contributed by atoms with Crippen molar-refractivity contribution in [2.75, 3.05) is 25.5 Å². The number of rotatable bonds is 7. The van der Waals surface area contributed by atoms with Gasteiger partial charge in [-0.3, -0.25) is 9.69 Å². The Bertz CT molecular complexity index is 1510. The molecule has 0 spiro atoms. The molecular weight excluding hydrogens is 541 g/mol. The molecule has 42 heavy (non-hydrogen) atoms. The third-order valence-electron chi connectivity index (χ3n) is 7.77. The average Bonchev–Trinajstić information content (AvgIpc) is 3.02. The summed E-state index contributed by atoms with van der Waals surface area (Å²) in [6.07, 6.45) is -2.66. The van der Waals surface area contributed by atoms with E-state index in [2.05, 4.69) is 10.2 Å². The topological polar surface area (TPSA) is 58.6 Å².